The van der Waals surface area contributed by atoms with Gasteiger partial charge in [-0.2, -0.15) is 9.57 Å². The van der Waals surface area contributed by atoms with E-state index in [4.69, 9.17) is 14.7 Å². The summed E-state index contributed by atoms with van der Waals surface area (Å²) in [6.45, 7) is -0.168. The minimum Gasteiger partial charge on any atom is -0.497 e. The highest BCUT2D eigenvalue weighted by molar-refractivity contribution is 9.10. The van der Waals surface area contributed by atoms with Crippen molar-refractivity contribution in [1.29, 1.82) is 5.26 Å². The Balaban J connectivity index is 1.69. The molecule has 0 unspecified atom stereocenters. The van der Waals surface area contributed by atoms with Crippen LogP contribution in [0.3, 0.4) is 0 Å². The number of aliphatic hydroxyl groups is 1. The third-order valence-electron chi connectivity index (χ3n) is 4.72. The summed E-state index contributed by atoms with van der Waals surface area (Å²) < 4.78 is 51.7. The van der Waals surface area contributed by atoms with Gasteiger partial charge in [-0.25, -0.2) is 12.8 Å². The molecule has 1 saturated heterocycles. The van der Waals surface area contributed by atoms with Crippen LogP contribution in [0.25, 0.3) is 0 Å². The van der Waals surface area contributed by atoms with Crippen molar-refractivity contribution < 1.29 is 27.4 Å². The van der Waals surface area contributed by atoms with E-state index in [0.29, 0.717) is 10.2 Å². The summed E-state index contributed by atoms with van der Waals surface area (Å²) in [5.74, 6) is 0.0194. The zero-order valence-electron chi connectivity index (χ0n) is 15.4. The van der Waals surface area contributed by atoms with Gasteiger partial charge in [-0.05, 0) is 46.3 Å². The lowest BCUT2D eigenvalue weighted by Gasteiger charge is -2.47. The van der Waals surface area contributed by atoms with Crippen LogP contribution < -0.4 is 9.47 Å². The van der Waals surface area contributed by atoms with Gasteiger partial charge in [0.2, 0.25) is 10.0 Å². The van der Waals surface area contributed by atoms with Crippen molar-refractivity contribution in [2.75, 3.05) is 33.4 Å². The number of nitrogens with zero attached hydrogens (tertiary/aromatic N) is 2. The van der Waals surface area contributed by atoms with Crippen LogP contribution in [0.5, 0.6) is 11.5 Å². The molecule has 0 aromatic heterocycles. The van der Waals surface area contributed by atoms with Crippen molar-refractivity contribution >= 4 is 26.0 Å². The molecule has 0 atom stereocenters. The second kappa shape index (κ2) is 8.28. The molecule has 0 spiro atoms. The molecule has 3 rings (SSSR count). The van der Waals surface area contributed by atoms with E-state index in [1.165, 1.54) is 29.6 Å². The Labute approximate surface area is 176 Å². The van der Waals surface area contributed by atoms with Crippen molar-refractivity contribution in [3.63, 3.8) is 0 Å². The predicted molar refractivity (Wildman–Crippen MR) is 106 cm³/mol. The van der Waals surface area contributed by atoms with Gasteiger partial charge in [-0.15, -0.1) is 0 Å². The number of ether oxygens (including phenoxy) is 2. The molecular weight excluding hydrogens is 467 g/mol. The summed E-state index contributed by atoms with van der Waals surface area (Å²) in [6, 6.07) is 10.1. The topological polar surface area (TPSA) is 99.9 Å². The lowest BCUT2D eigenvalue weighted by atomic mass is 9.83. The summed E-state index contributed by atoms with van der Waals surface area (Å²) in [6.07, 6.45) is 0. The zero-order valence-corrected chi connectivity index (χ0v) is 17.8. The average molecular weight is 485 g/mol. The maximum Gasteiger partial charge on any atom is 0.244 e. The van der Waals surface area contributed by atoms with Gasteiger partial charge >= 0.3 is 0 Å². The molecule has 1 N–H and O–H groups in total. The third kappa shape index (κ3) is 4.23. The fraction of sp³-hybridized carbons (Fsp3) is 0.316. The number of rotatable bonds is 7. The maximum absolute atomic E-state index is 13.7. The molecule has 1 aliphatic rings. The SMILES string of the molecule is COc1ccc(S(=O)(=O)N2CC(CO)(COc3ccc(C#N)c(F)c3)C2)c(Br)c1. The van der Waals surface area contributed by atoms with E-state index in [1.807, 2.05) is 0 Å². The van der Waals surface area contributed by atoms with E-state index in [2.05, 4.69) is 15.9 Å². The lowest BCUT2D eigenvalue weighted by Crippen LogP contribution is -2.62. The van der Waals surface area contributed by atoms with Gasteiger partial charge in [-0.1, -0.05) is 0 Å². The number of methoxy groups -OCH3 is 1. The molecule has 10 heteroatoms. The van der Waals surface area contributed by atoms with Crippen LogP contribution in [-0.2, 0) is 10.0 Å². The summed E-state index contributed by atoms with van der Waals surface area (Å²) in [5, 5.41) is 18.5. The zero-order chi connectivity index (χ0) is 21.2. The molecule has 7 nitrogen and oxygen atoms in total. The van der Waals surface area contributed by atoms with Crippen molar-refractivity contribution in [3.8, 4) is 17.6 Å². The molecule has 29 heavy (non-hydrogen) atoms. The summed E-state index contributed by atoms with van der Waals surface area (Å²) in [4.78, 5) is 0.0971. The van der Waals surface area contributed by atoms with E-state index >= 15 is 0 Å². The molecule has 1 heterocycles. The van der Waals surface area contributed by atoms with Crippen molar-refractivity contribution in [2.45, 2.75) is 4.90 Å². The molecule has 154 valence electrons. The van der Waals surface area contributed by atoms with Gasteiger partial charge in [-0.3, -0.25) is 0 Å². The second-order valence-electron chi connectivity index (χ2n) is 6.77. The van der Waals surface area contributed by atoms with Crippen LogP contribution in [0.15, 0.2) is 45.8 Å². The summed E-state index contributed by atoms with van der Waals surface area (Å²) >= 11 is 3.25. The van der Waals surface area contributed by atoms with E-state index in [9.17, 15) is 17.9 Å². The first-order valence-corrected chi connectivity index (χ1v) is 10.7. The van der Waals surface area contributed by atoms with Gasteiger partial charge < -0.3 is 14.6 Å². The van der Waals surface area contributed by atoms with Crippen molar-refractivity contribution in [1.82, 2.24) is 4.31 Å². The number of nitriles is 1. The number of hydrogen-bond acceptors (Lipinski definition) is 6. The molecule has 1 aliphatic heterocycles. The van der Waals surface area contributed by atoms with Crippen LogP contribution in [-0.4, -0.2) is 51.2 Å². The Morgan fingerprint density at radius 2 is 1.97 bits per heavy atom. The minimum absolute atomic E-state index is 0.00461. The smallest absolute Gasteiger partial charge is 0.244 e. The second-order valence-corrected chi connectivity index (χ2v) is 9.53. The fourth-order valence-electron chi connectivity index (χ4n) is 2.98. The molecular formula is C19H18BrFN2O5S. The van der Waals surface area contributed by atoms with Gasteiger partial charge in [0.25, 0.3) is 0 Å². The standard InChI is InChI=1S/C19H18BrFN2O5S/c1-27-14-4-5-18(16(20)6-14)29(25,26)23-9-19(10-23,11-24)12-28-15-3-2-13(8-22)17(21)7-15/h2-7,24H,9-12H2,1H3. The number of benzene rings is 2. The summed E-state index contributed by atoms with van der Waals surface area (Å²) in [5.41, 5.74) is -0.892. The Bertz CT molecular complexity index is 1060. The highest BCUT2D eigenvalue weighted by atomic mass is 79.9. The maximum atomic E-state index is 13.7. The van der Waals surface area contributed by atoms with Crippen LogP contribution >= 0.6 is 15.9 Å². The first kappa shape index (κ1) is 21.5. The van der Waals surface area contributed by atoms with Gasteiger partial charge in [0, 0.05) is 23.6 Å². The molecule has 0 aliphatic carbocycles. The Morgan fingerprint density at radius 1 is 1.28 bits per heavy atom. The van der Waals surface area contributed by atoms with Gasteiger partial charge in [0.1, 0.15) is 23.4 Å². The quantitative estimate of drug-likeness (QED) is 0.647. The first-order valence-electron chi connectivity index (χ1n) is 8.52. The number of halogens is 2. The molecule has 1 fully saturated rings. The Hall–Kier alpha value is -2.19. The number of aliphatic hydroxyl groups excluding tert-OH is 1. The van der Waals surface area contributed by atoms with Crippen LogP contribution in [0.4, 0.5) is 4.39 Å². The molecule has 0 amide bonds. The largest absolute Gasteiger partial charge is 0.497 e. The van der Waals surface area contributed by atoms with E-state index < -0.39 is 21.3 Å². The third-order valence-corrected chi connectivity index (χ3v) is 7.49. The van der Waals surface area contributed by atoms with E-state index in [-0.39, 0.29) is 42.5 Å². The molecule has 0 saturated carbocycles. The highest BCUT2D eigenvalue weighted by Gasteiger charge is 2.49. The van der Waals surface area contributed by atoms with E-state index in [0.717, 1.165) is 6.07 Å². The monoisotopic (exact) mass is 484 g/mol. The average Bonchev–Trinajstić information content (AvgIpc) is 2.67. The first-order chi connectivity index (χ1) is 13.7. The van der Waals surface area contributed by atoms with Crippen molar-refractivity contribution in [2.24, 2.45) is 5.41 Å². The Morgan fingerprint density at radius 3 is 2.52 bits per heavy atom. The fourth-order valence-corrected chi connectivity index (χ4v) is 5.66. The molecule has 2 aromatic rings. The normalized spacial score (nSPS) is 16.0. The van der Waals surface area contributed by atoms with Crippen LogP contribution in [0.1, 0.15) is 5.56 Å². The van der Waals surface area contributed by atoms with E-state index in [1.54, 1.807) is 18.2 Å². The van der Waals surface area contributed by atoms with Gasteiger partial charge in [0.15, 0.2) is 0 Å². The van der Waals surface area contributed by atoms with Crippen LogP contribution in [0, 0.1) is 22.6 Å². The van der Waals surface area contributed by atoms with Crippen LogP contribution in [0.2, 0.25) is 0 Å². The predicted octanol–water partition coefficient (Wildman–Crippen LogP) is 2.53. The van der Waals surface area contributed by atoms with Crippen molar-refractivity contribution in [3.05, 3.63) is 52.3 Å². The number of sulfonamides is 1. The Kier molecular flexibility index (Phi) is 6.14. The number of hydrogen-bond donors (Lipinski definition) is 1. The minimum atomic E-state index is -3.77. The highest BCUT2D eigenvalue weighted by Crippen LogP contribution is 2.38. The summed E-state index contributed by atoms with van der Waals surface area (Å²) in [7, 11) is -2.28. The molecule has 2 aromatic carbocycles. The lowest BCUT2D eigenvalue weighted by molar-refractivity contribution is -0.0273. The van der Waals surface area contributed by atoms with Gasteiger partial charge in [0.05, 0.1) is 36.2 Å². The molecule has 0 bridgehead atoms. The molecule has 0 radical (unpaired) electrons.